The Balaban J connectivity index is 1.95. The van der Waals surface area contributed by atoms with E-state index < -0.39 is 0 Å². The van der Waals surface area contributed by atoms with Crippen LogP contribution >= 0.6 is 0 Å². The highest BCUT2D eigenvalue weighted by Crippen LogP contribution is 2.28. The van der Waals surface area contributed by atoms with E-state index in [1.165, 1.54) is 5.56 Å². The van der Waals surface area contributed by atoms with Crippen LogP contribution in [0, 0.1) is 5.92 Å². The van der Waals surface area contributed by atoms with Crippen LogP contribution in [0.4, 0.5) is 0 Å². The summed E-state index contributed by atoms with van der Waals surface area (Å²) < 4.78 is 0. The molecule has 0 spiro atoms. The Labute approximate surface area is 109 Å². The maximum Gasteiger partial charge on any atom is 0.0587 e. The zero-order valence-electron chi connectivity index (χ0n) is 11.0. The molecule has 1 heterocycles. The van der Waals surface area contributed by atoms with E-state index in [0.29, 0.717) is 5.92 Å². The summed E-state index contributed by atoms with van der Waals surface area (Å²) in [4.78, 5) is 2.34. The van der Waals surface area contributed by atoms with Gasteiger partial charge in [0.1, 0.15) is 0 Å². The first kappa shape index (κ1) is 13.5. The van der Waals surface area contributed by atoms with Crippen molar-refractivity contribution in [2.24, 2.45) is 5.92 Å². The molecule has 0 radical (unpaired) electrons. The molecule has 1 aromatic carbocycles. The molecule has 3 unspecified atom stereocenters. The van der Waals surface area contributed by atoms with Crippen LogP contribution in [0.5, 0.6) is 0 Å². The van der Waals surface area contributed by atoms with Crippen LogP contribution in [0.3, 0.4) is 0 Å². The largest absolute Gasteiger partial charge is 0.395 e. The van der Waals surface area contributed by atoms with Crippen LogP contribution in [-0.4, -0.2) is 40.4 Å². The molecule has 0 saturated carbocycles. The summed E-state index contributed by atoms with van der Waals surface area (Å²) >= 11 is 0. The number of aliphatic hydroxyl groups excluding tert-OH is 2. The Morgan fingerprint density at radius 2 is 2.06 bits per heavy atom. The zero-order chi connectivity index (χ0) is 13.0. The number of nitrogens with zero attached hydrogens (tertiary/aromatic N) is 1. The molecule has 0 amide bonds. The summed E-state index contributed by atoms with van der Waals surface area (Å²) in [6, 6.07) is 10.6. The Hall–Kier alpha value is -0.900. The maximum absolute atomic E-state index is 9.47. The third-order valence-electron chi connectivity index (χ3n) is 3.73. The number of rotatable bonds is 5. The second kappa shape index (κ2) is 6.32. The molecule has 1 fully saturated rings. The van der Waals surface area contributed by atoms with Crippen molar-refractivity contribution >= 4 is 0 Å². The molecule has 1 saturated heterocycles. The lowest BCUT2D eigenvalue weighted by Crippen LogP contribution is -2.31. The quantitative estimate of drug-likeness (QED) is 0.834. The minimum atomic E-state index is -0.244. The first-order valence-corrected chi connectivity index (χ1v) is 6.76. The van der Waals surface area contributed by atoms with Crippen molar-refractivity contribution in [3.63, 3.8) is 0 Å². The van der Waals surface area contributed by atoms with Gasteiger partial charge in [0.2, 0.25) is 0 Å². The topological polar surface area (TPSA) is 43.7 Å². The normalized spacial score (nSPS) is 26.4. The van der Waals surface area contributed by atoms with Gasteiger partial charge in [-0.3, -0.25) is 4.90 Å². The van der Waals surface area contributed by atoms with E-state index in [0.717, 1.165) is 25.9 Å². The van der Waals surface area contributed by atoms with E-state index >= 15 is 0 Å². The molecular weight excluding hydrogens is 226 g/mol. The van der Waals surface area contributed by atoms with Gasteiger partial charge in [-0.25, -0.2) is 0 Å². The van der Waals surface area contributed by atoms with Gasteiger partial charge in [-0.15, -0.1) is 0 Å². The molecule has 100 valence electrons. The zero-order valence-corrected chi connectivity index (χ0v) is 11.0. The number of hydrogen-bond acceptors (Lipinski definition) is 3. The summed E-state index contributed by atoms with van der Waals surface area (Å²) in [5, 5.41) is 18.9. The van der Waals surface area contributed by atoms with Crippen LogP contribution in [0.15, 0.2) is 30.3 Å². The lowest BCUT2D eigenvalue weighted by atomic mass is 9.99. The number of likely N-dealkylation sites (tertiary alicyclic amines) is 1. The molecule has 3 heteroatoms. The summed E-state index contributed by atoms with van der Waals surface area (Å²) in [7, 11) is 0. The van der Waals surface area contributed by atoms with E-state index in [9.17, 15) is 10.2 Å². The van der Waals surface area contributed by atoms with Gasteiger partial charge in [0, 0.05) is 19.1 Å². The first-order chi connectivity index (χ1) is 8.69. The predicted octanol–water partition coefficient (Wildman–Crippen LogP) is 1.64. The number of benzene rings is 1. The second-order valence-electron chi connectivity index (χ2n) is 5.44. The average molecular weight is 249 g/mol. The van der Waals surface area contributed by atoms with Crippen LogP contribution in [0.2, 0.25) is 0 Å². The van der Waals surface area contributed by atoms with E-state index in [4.69, 9.17) is 0 Å². The van der Waals surface area contributed by atoms with Gasteiger partial charge < -0.3 is 10.2 Å². The molecule has 3 nitrogen and oxygen atoms in total. The smallest absolute Gasteiger partial charge is 0.0587 e. The van der Waals surface area contributed by atoms with E-state index in [2.05, 4.69) is 17.0 Å². The van der Waals surface area contributed by atoms with Crippen molar-refractivity contribution in [1.29, 1.82) is 0 Å². The molecule has 0 bridgehead atoms. The van der Waals surface area contributed by atoms with Crippen molar-refractivity contribution < 1.29 is 10.2 Å². The molecule has 2 rings (SSSR count). The van der Waals surface area contributed by atoms with E-state index in [1.807, 2.05) is 25.1 Å². The fourth-order valence-corrected chi connectivity index (χ4v) is 2.94. The number of hydrogen-bond donors (Lipinski definition) is 2. The van der Waals surface area contributed by atoms with Crippen molar-refractivity contribution in [3.8, 4) is 0 Å². The third kappa shape index (κ3) is 3.55. The molecule has 1 aliphatic rings. The van der Waals surface area contributed by atoms with Crippen molar-refractivity contribution in [3.05, 3.63) is 35.9 Å². The molecule has 0 aromatic heterocycles. The molecule has 0 aliphatic carbocycles. The van der Waals surface area contributed by atoms with Crippen LogP contribution in [0.1, 0.15) is 25.3 Å². The number of aliphatic hydroxyl groups is 2. The van der Waals surface area contributed by atoms with Crippen molar-refractivity contribution in [2.45, 2.75) is 38.5 Å². The summed E-state index contributed by atoms with van der Waals surface area (Å²) in [6.07, 6.45) is 1.58. The monoisotopic (exact) mass is 249 g/mol. The van der Waals surface area contributed by atoms with Gasteiger partial charge in [-0.1, -0.05) is 30.3 Å². The Bertz CT molecular complexity index is 353. The lowest BCUT2D eigenvalue weighted by molar-refractivity contribution is 0.151. The Morgan fingerprint density at radius 3 is 2.67 bits per heavy atom. The van der Waals surface area contributed by atoms with Crippen molar-refractivity contribution in [1.82, 2.24) is 4.90 Å². The van der Waals surface area contributed by atoms with Crippen LogP contribution in [0.25, 0.3) is 0 Å². The summed E-state index contributed by atoms with van der Waals surface area (Å²) in [6.45, 7) is 3.92. The molecule has 1 aliphatic heterocycles. The SMILES string of the molecule is CC(O)CC1CC(CO)N(Cc2ccccc2)C1. The average Bonchev–Trinajstić information content (AvgIpc) is 2.71. The van der Waals surface area contributed by atoms with Gasteiger partial charge in [-0.2, -0.15) is 0 Å². The third-order valence-corrected chi connectivity index (χ3v) is 3.73. The van der Waals surface area contributed by atoms with Crippen molar-refractivity contribution in [2.75, 3.05) is 13.2 Å². The minimum absolute atomic E-state index is 0.211. The van der Waals surface area contributed by atoms with Gasteiger partial charge in [-0.05, 0) is 31.2 Å². The highest BCUT2D eigenvalue weighted by Gasteiger charge is 2.31. The van der Waals surface area contributed by atoms with Gasteiger partial charge in [0.15, 0.2) is 0 Å². The highest BCUT2D eigenvalue weighted by molar-refractivity contribution is 5.15. The van der Waals surface area contributed by atoms with Gasteiger partial charge in [0.05, 0.1) is 12.7 Å². The maximum atomic E-state index is 9.47. The molecule has 2 N–H and O–H groups in total. The molecule has 18 heavy (non-hydrogen) atoms. The molecule has 3 atom stereocenters. The minimum Gasteiger partial charge on any atom is -0.395 e. The van der Waals surface area contributed by atoms with Crippen LogP contribution in [-0.2, 0) is 6.54 Å². The summed E-state index contributed by atoms with van der Waals surface area (Å²) in [5.41, 5.74) is 1.29. The fourth-order valence-electron chi connectivity index (χ4n) is 2.94. The predicted molar refractivity (Wildman–Crippen MR) is 72.1 cm³/mol. The highest BCUT2D eigenvalue weighted by atomic mass is 16.3. The van der Waals surface area contributed by atoms with Gasteiger partial charge >= 0.3 is 0 Å². The molecular formula is C15H23NO2. The Kier molecular flexibility index (Phi) is 4.75. The van der Waals surface area contributed by atoms with E-state index in [1.54, 1.807) is 0 Å². The van der Waals surface area contributed by atoms with E-state index in [-0.39, 0.29) is 18.8 Å². The Morgan fingerprint density at radius 1 is 1.33 bits per heavy atom. The lowest BCUT2D eigenvalue weighted by Gasteiger charge is -2.22. The standard InChI is InChI=1S/C15H23NO2/c1-12(18)7-14-8-15(11-17)16(10-14)9-13-5-3-2-4-6-13/h2-6,12,14-15,17-18H,7-11H2,1H3. The fraction of sp³-hybridized carbons (Fsp3) is 0.600. The van der Waals surface area contributed by atoms with Crippen LogP contribution < -0.4 is 0 Å². The second-order valence-corrected chi connectivity index (χ2v) is 5.44. The first-order valence-electron chi connectivity index (χ1n) is 6.76. The van der Waals surface area contributed by atoms with Gasteiger partial charge in [0.25, 0.3) is 0 Å². The summed E-state index contributed by atoms with van der Waals surface area (Å²) in [5.74, 6) is 0.505. The molecule has 1 aromatic rings.